The number of nitrogens with one attached hydrogen (secondary N) is 2. The van der Waals surface area contributed by atoms with Gasteiger partial charge in [0.25, 0.3) is 15.9 Å². The van der Waals surface area contributed by atoms with Gasteiger partial charge in [-0.1, -0.05) is 34.8 Å². The van der Waals surface area contributed by atoms with E-state index in [0.717, 1.165) is 0 Å². The molecule has 7 nitrogen and oxygen atoms in total. The Morgan fingerprint density at radius 2 is 1.42 bits per heavy atom. The van der Waals surface area contributed by atoms with E-state index in [-0.39, 0.29) is 36.8 Å². The molecule has 0 unspecified atom stereocenters. The van der Waals surface area contributed by atoms with Gasteiger partial charge in [-0.3, -0.25) is 9.52 Å². The lowest BCUT2D eigenvalue weighted by atomic mass is 10.1. The summed E-state index contributed by atoms with van der Waals surface area (Å²) >= 11 is 17.9. The molecule has 1 amide bonds. The minimum Gasteiger partial charge on any atom is -0.478 e. The Morgan fingerprint density at radius 3 is 2.06 bits per heavy atom. The predicted molar refractivity (Wildman–Crippen MR) is 120 cm³/mol. The summed E-state index contributed by atoms with van der Waals surface area (Å²) in [6.45, 7) is 0. The lowest BCUT2D eigenvalue weighted by molar-refractivity contribution is 0.0696. The number of benzene rings is 3. The van der Waals surface area contributed by atoms with E-state index < -0.39 is 21.9 Å². The Hall–Kier alpha value is -2.78. The second-order valence-electron chi connectivity index (χ2n) is 6.21. The van der Waals surface area contributed by atoms with E-state index in [1.165, 1.54) is 60.7 Å². The number of anilines is 2. The van der Waals surface area contributed by atoms with Crippen LogP contribution in [0.4, 0.5) is 11.4 Å². The van der Waals surface area contributed by atoms with Crippen LogP contribution in [0.15, 0.2) is 65.6 Å². The molecule has 3 rings (SSSR count). The molecule has 0 heterocycles. The maximum atomic E-state index is 12.7. The third kappa shape index (κ3) is 5.48. The van der Waals surface area contributed by atoms with Crippen molar-refractivity contribution in [1.29, 1.82) is 0 Å². The van der Waals surface area contributed by atoms with Gasteiger partial charge >= 0.3 is 5.97 Å². The Kier molecular flexibility index (Phi) is 6.76. The van der Waals surface area contributed by atoms with Crippen molar-refractivity contribution in [3.63, 3.8) is 0 Å². The molecule has 0 fully saturated rings. The van der Waals surface area contributed by atoms with Gasteiger partial charge in [0.05, 0.1) is 21.3 Å². The van der Waals surface area contributed by atoms with E-state index in [0.29, 0.717) is 5.69 Å². The number of carboxylic acids is 1. The van der Waals surface area contributed by atoms with Crippen LogP contribution in [0.3, 0.4) is 0 Å². The molecular formula is C20H13Cl3N2O5S. The van der Waals surface area contributed by atoms with Crippen molar-refractivity contribution in [2.45, 2.75) is 4.90 Å². The number of hydrogen-bond donors (Lipinski definition) is 3. The van der Waals surface area contributed by atoms with Crippen molar-refractivity contribution in [2.75, 3.05) is 10.0 Å². The van der Waals surface area contributed by atoms with Crippen LogP contribution < -0.4 is 10.0 Å². The summed E-state index contributed by atoms with van der Waals surface area (Å²) in [5, 5.41) is 11.7. The minimum atomic E-state index is -4.14. The number of rotatable bonds is 6. The number of halogens is 3. The first kappa shape index (κ1) is 22.9. The Labute approximate surface area is 192 Å². The molecule has 0 aliphatic rings. The van der Waals surface area contributed by atoms with Crippen molar-refractivity contribution in [2.24, 2.45) is 0 Å². The number of aromatic carboxylic acids is 1. The van der Waals surface area contributed by atoms with Crippen LogP contribution in [0.5, 0.6) is 0 Å². The van der Waals surface area contributed by atoms with Gasteiger partial charge in [0, 0.05) is 16.3 Å². The molecule has 160 valence electrons. The van der Waals surface area contributed by atoms with Crippen LogP contribution in [-0.4, -0.2) is 25.4 Å². The number of carbonyl (C=O) groups is 2. The third-order valence-corrected chi connectivity index (χ3v) is 6.46. The van der Waals surface area contributed by atoms with E-state index in [4.69, 9.17) is 39.9 Å². The molecule has 0 aliphatic carbocycles. The predicted octanol–water partition coefficient (Wildman–Crippen LogP) is 5.40. The van der Waals surface area contributed by atoms with Crippen molar-refractivity contribution < 1.29 is 23.1 Å². The SMILES string of the molecule is O=C(O)c1ccc(NC(=O)c2ccc(Cl)c(NS(=O)(=O)c3cc(Cl)ccc3Cl)c2)cc1. The summed E-state index contributed by atoms with van der Waals surface area (Å²) in [6.07, 6.45) is 0. The van der Waals surface area contributed by atoms with Gasteiger partial charge < -0.3 is 10.4 Å². The highest BCUT2D eigenvalue weighted by Gasteiger charge is 2.21. The van der Waals surface area contributed by atoms with Gasteiger partial charge in [-0.05, 0) is 60.7 Å². The highest BCUT2D eigenvalue weighted by molar-refractivity contribution is 7.92. The molecule has 0 aromatic heterocycles. The zero-order valence-corrected chi connectivity index (χ0v) is 18.5. The summed E-state index contributed by atoms with van der Waals surface area (Å²) in [6, 6.07) is 13.6. The van der Waals surface area contributed by atoms with Crippen LogP contribution in [0, 0.1) is 0 Å². The first-order chi connectivity index (χ1) is 14.6. The van der Waals surface area contributed by atoms with E-state index in [9.17, 15) is 18.0 Å². The zero-order chi connectivity index (χ0) is 22.8. The van der Waals surface area contributed by atoms with E-state index in [2.05, 4.69) is 10.0 Å². The van der Waals surface area contributed by atoms with E-state index in [1.807, 2.05) is 0 Å². The average Bonchev–Trinajstić information content (AvgIpc) is 2.71. The maximum absolute atomic E-state index is 12.7. The Morgan fingerprint density at radius 1 is 0.806 bits per heavy atom. The lowest BCUT2D eigenvalue weighted by Gasteiger charge is -2.13. The van der Waals surface area contributed by atoms with Gasteiger partial charge in [0.15, 0.2) is 0 Å². The van der Waals surface area contributed by atoms with Gasteiger partial charge in [-0.25, -0.2) is 13.2 Å². The second-order valence-corrected chi connectivity index (χ2v) is 9.11. The third-order valence-electron chi connectivity index (χ3n) is 4.05. The molecule has 31 heavy (non-hydrogen) atoms. The fourth-order valence-electron chi connectivity index (χ4n) is 2.53. The maximum Gasteiger partial charge on any atom is 0.335 e. The highest BCUT2D eigenvalue weighted by Crippen LogP contribution is 2.30. The number of carboxylic acid groups (broad SMARTS) is 1. The van der Waals surface area contributed by atoms with Crippen molar-refractivity contribution >= 4 is 68.1 Å². The Bertz CT molecular complexity index is 1280. The minimum absolute atomic E-state index is 0.0354. The van der Waals surface area contributed by atoms with Crippen LogP contribution >= 0.6 is 34.8 Å². The van der Waals surface area contributed by atoms with E-state index >= 15 is 0 Å². The largest absolute Gasteiger partial charge is 0.478 e. The Balaban J connectivity index is 1.85. The molecule has 0 atom stereocenters. The summed E-state index contributed by atoms with van der Waals surface area (Å²) in [7, 11) is -4.14. The highest BCUT2D eigenvalue weighted by atomic mass is 35.5. The molecule has 0 saturated carbocycles. The summed E-state index contributed by atoms with van der Waals surface area (Å²) in [4.78, 5) is 23.2. The van der Waals surface area contributed by atoms with Crippen LogP contribution in [0.2, 0.25) is 15.1 Å². The first-order valence-electron chi connectivity index (χ1n) is 8.49. The fourth-order valence-corrected chi connectivity index (χ4v) is 4.58. The summed E-state index contributed by atoms with van der Waals surface area (Å²) in [5.74, 6) is -1.65. The molecule has 3 aromatic rings. The molecule has 0 bridgehead atoms. The number of carbonyl (C=O) groups excluding carboxylic acids is 1. The van der Waals surface area contributed by atoms with Gasteiger partial charge in [-0.2, -0.15) is 0 Å². The number of sulfonamides is 1. The molecule has 11 heteroatoms. The normalized spacial score (nSPS) is 11.1. The number of amides is 1. The fraction of sp³-hybridized carbons (Fsp3) is 0. The van der Waals surface area contributed by atoms with Gasteiger partial charge in [0.2, 0.25) is 0 Å². The molecule has 3 N–H and O–H groups in total. The quantitative estimate of drug-likeness (QED) is 0.420. The van der Waals surface area contributed by atoms with E-state index in [1.54, 1.807) is 0 Å². The molecule has 0 aliphatic heterocycles. The molecular weight excluding hydrogens is 487 g/mol. The lowest BCUT2D eigenvalue weighted by Crippen LogP contribution is -2.16. The standard InChI is InChI=1S/C20H13Cl3N2O5S/c21-13-4-8-16(23)18(10-13)31(29,30)25-17-9-12(3-7-15(17)22)19(26)24-14-5-1-11(2-6-14)20(27)28/h1-10,25H,(H,24,26)(H,27,28). The smallest absolute Gasteiger partial charge is 0.335 e. The van der Waals surface area contributed by atoms with Gasteiger partial charge in [0.1, 0.15) is 4.90 Å². The van der Waals surface area contributed by atoms with Crippen LogP contribution in [0.25, 0.3) is 0 Å². The zero-order valence-electron chi connectivity index (χ0n) is 15.4. The molecule has 0 spiro atoms. The average molecular weight is 500 g/mol. The van der Waals surface area contributed by atoms with Crippen molar-refractivity contribution in [3.05, 3.63) is 86.9 Å². The van der Waals surface area contributed by atoms with Crippen LogP contribution in [-0.2, 0) is 10.0 Å². The monoisotopic (exact) mass is 498 g/mol. The van der Waals surface area contributed by atoms with Crippen molar-refractivity contribution in [3.8, 4) is 0 Å². The van der Waals surface area contributed by atoms with Gasteiger partial charge in [-0.15, -0.1) is 0 Å². The van der Waals surface area contributed by atoms with Crippen molar-refractivity contribution in [1.82, 2.24) is 0 Å². The summed E-state index contributed by atoms with van der Waals surface area (Å²) in [5.41, 5.74) is 0.506. The molecule has 0 radical (unpaired) electrons. The molecule has 0 saturated heterocycles. The number of hydrogen-bond acceptors (Lipinski definition) is 4. The second kappa shape index (κ2) is 9.15. The van der Waals surface area contributed by atoms with Crippen LogP contribution in [0.1, 0.15) is 20.7 Å². The first-order valence-corrected chi connectivity index (χ1v) is 11.1. The topological polar surface area (TPSA) is 113 Å². The summed E-state index contributed by atoms with van der Waals surface area (Å²) < 4.78 is 27.8. The molecule has 3 aromatic carbocycles.